The van der Waals surface area contributed by atoms with Crippen molar-refractivity contribution >= 4 is 11.3 Å². The summed E-state index contributed by atoms with van der Waals surface area (Å²) in [5, 5.41) is 3.40. The molecule has 0 radical (unpaired) electrons. The molecule has 1 aromatic rings. The minimum Gasteiger partial charge on any atom is -0.380 e. The molecule has 4 heteroatoms. The van der Waals surface area contributed by atoms with Gasteiger partial charge in [0.1, 0.15) is 0 Å². The zero-order chi connectivity index (χ0) is 11.1. The van der Waals surface area contributed by atoms with E-state index < -0.39 is 0 Å². The summed E-state index contributed by atoms with van der Waals surface area (Å²) in [5.41, 5.74) is 1.86. The Hall–Kier alpha value is -0.450. The van der Waals surface area contributed by atoms with E-state index in [-0.39, 0.29) is 0 Å². The lowest BCUT2D eigenvalue weighted by molar-refractivity contribution is 0.110. The Morgan fingerprint density at radius 1 is 1.47 bits per heavy atom. The van der Waals surface area contributed by atoms with Gasteiger partial charge in [0.05, 0.1) is 12.1 Å². The molecule has 0 amide bonds. The van der Waals surface area contributed by atoms with Crippen molar-refractivity contribution in [3.8, 4) is 0 Å². The Bertz CT molecular complexity index is 249. The second-order valence-electron chi connectivity index (χ2n) is 4.05. The van der Waals surface area contributed by atoms with Crippen LogP contribution in [0.1, 0.15) is 31.7 Å². The van der Waals surface area contributed by atoms with E-state index in [4.69, 9.17) is 4.74 Å². The highest BCUT2D eigenvalue weighted by Gasteiger charge is 2.05. The monoisotopic (exact) mass is 228 g/mol. The predicted molar refractivity (Wildman–Crippen MR) is 64.2 cm³/mol. The van der Waals surface area contributed by atoms with Crippen molar-refractivity contribution in [3.05, 3.63) is 16.6 Å². The number of thiazole rings is 1. The maximum atomic E-state index is 5.49. The van der Waals surface area contributed by atoms with Gasteiger partial charge in [-0.2, -0.15) is 0 Å². The third kappa shape index (κ3) is 5.25. The average Bonchev–Trinajstić information content (AvgIpc) is 2.69. The van der Waals surface area contributed by atoms with E-state index in [2.05, 4.69) is 31.1 Å². The molecule has 1 unspecified atom stereocenters. The van der Waals surface area contributed by atoms with Crippen molar-refractivity contribution in [2.24, 2.45) is 5.92 Å². The molecule has 0 aliphatic rings. The van der Waals surface area contributed by atoms with Gasteiger partial charge in [0.15, 0.2) is 0 Å². The normalized spacial score (nSPS) is 13.3. The van der Waals surface area contributed by atoms with Gasteiger partial charge in [0.2, 0.25) is 0 Å². The first-order valence-electron chi connectivity index (χ1n) is 5.39. The Labute approximate surface area is 95.9 Å². The summed E-state index contributed by atoms with van der Waals surface area (Å²) in [4.78, 5) is 5.33. The summed E-state index contributed by atoms with van der Waals surface area (Å²) >= 11 is 1.69. The molecule has 3 nitrogen and oxygen atoms in total. The number of ether oxygens (including phenoxy) is 1. The molecule has 0 aliphatic heterocycles. The molecular weight excluding hydrogens is 208 g/mol. The SMILES string of the molecule is CC(C)COCCNC(C)c1cncs1. The van der Waals surface area contributed by atoms with Gasteiger partial charge < -0.3 is 10.1 Å². The molecule has 0 saturated carbocycles. The maximum absolute atomic E-state index is 5.49. The Balaban J connectivity index is 2.05. The molecule has 0 saturated heterocycles. The number of rotatable bonds is 7. The first-order valence-corrected chi connectivity index (χ1v) is 6.27. The van der Waals surface area contributed by atoms with Gasteiger partial charge in [0.25, 0.3) is 0 Å². The van der Waals surface area contributed by atoms with Gasteiger partial charge in [-0.3, -0.25) is 4.98 Å². The van der Waals surface area contributed by atoms with Gasteiger partial charge in [-0.1, -0.05) is 13.8 Å². The maximum Gasteiger partial charge on any atom is 0.0794 e. The van der Waals surface area contributed by atoms with E-state index in [1.165, 1.54) is 4.88 Å². The fourth-order valence-corrected chi connectivity index (χ4v) is 1.86. The molecule has 0 bridgehead atoms. The standard InChI is InChI=1S/C11H20N2OS/c1-9(2)7-14-5-4-13-10(3)11-6-12-8-15-11/h6,8-10,13H,4-5,7H2,1-3H3. The summed E-state index contributed by atoms with van der Waals surface area (Å²) in [5.74, 6) is 0.615. The molecule has 1 aromatic heterocycles. The van der Waals surface area contributed by atoms with Crippen LogP contribution in [0.5, 0.6) is 0 Å². The summed E-state index contributed by atoms with van der Waals surface area (Å²) in [7, 11) is 0. The molecular formula is C11H20N2OS. The lowest BCUT2D eigenvalue weighted by Gasteiger charge is -2.12. The number of aromatic nitrogens is 1. The number of nitrogens with one attached hydrogen (secondary N) is 1. The van der Waals surface area contributed by atoms with Crippen LogP contribution in [-0.4, -0.2) is 24.7 Å². The molecule has 0 spiro atoms. The van der Waals surface area contributed by atoms with E-state index in [0.717, 1.165) is 19.8 Å². The third-order valence-corrected chi connectivity index (χ3v) is 2.98. The van der Waals surface area contributed by atoms with Gasteiger partial charge in [-0.15, -0.1) is 11.3 Å². The van der Waals surface area contributed by atoms with E-state index >= 15 is 0 Å². The van der Waals surface area contributed by atoms with Crippen LogP contribution in [0, 0.1) is 5.92 Å². The van der Waals surface area contributed by atoms with Crippen LogP contribution in [-0.2, 0) is 4.74 Å². The summed E-state index contributed by atoms with van der Waals surface area (Å²) in [6, 6.07) is 0.375. The molecule has 15 heavy (non-hydrogen) atoms. The summed E-state index contributed by atoms with van der Waals surface area (Å²) in [6.45, 7) is 8.99. The van der Waals surface area contributed by atoms with E-state index in [0.29, 0.717) is 12.0 Å². The molecule has 1 rings (SSSR count). The minimum absolute atomic E-state index is 0.375. The molecule has 1 atom stereocenters. The van der Waals surface area contributed by atoms with Crippen LogP contribution in [0.4, 0.5) is 0 Å². The molecule has 1 heterocycles. The molecule has 86 valence electrons. The Morgan fingerprint density at radius 3 is 2.87 bits per heavy atom. The zero-order valence-corrected chi connectivity index (χ0v) is 10.5. The fourth-order valence-electron chi connectivity index (χ4n) is 1.21. The largest absolute Gasteiger partial charge is 0.380 e. The highest BCUT2D eigenvalue weighted by atomic mass is 32.1. The number of hydrogen-bond donors (Lipinski definition) is 1. The van der Waals surface area contributed by atoms with Crippen LogP contribution in [0.2, 0.25) is 0 Å². The lowest BCUT2D eigenvalue weighted by Crippen LogP contribution is -2.23. The Morgan fingerprint density at radius 2 is 2.27 bits per heavy atom. The molecule has 0 aromatic carbocycles. The van der Waals surface area contributed by atoms with Crippen molar-refractivity contribution < 1.29 is 4.74 Å². The van der Waals surface area contributed by atoms with Crippen molar-refractivity contribution in [1.82, 2.24) is 10.3 Å². The first-order chi connectivity index (χ1) is 7.20. The average molecular weight is 228 g/mol. The van der Waals surface area contributed by atoms with Crippen molar-refractivity contribution in [2.75, 3.05) is 19.8 Å². The van der Waals surface area contributed by atoms with Gasteiger partial charge in [-0.25, -0.2) is 0 Å². The third-order valence-electron chi connectivity index (χ3n) is 2.03. The highest BCUT2D eigenvalue weighted by molar-refractivity contribution is 7.09. The van der Waals surface area contributed by atoms with Crippen LogP contribution in [0.3, 0.4) is 0 Å². The summed E-state index contributed by atoms with van der Waals surface area (Å²) in [6.07, 6.45) is 1.91. The second kappa shape index (κ2) is 6.93. The Kier molecular flexibility index (Phi) is 5.83. The topological polar surface area (TPSA) is 34.1 Å². The number of nitrogens with zero attached hydrogens (tertiary/aromatic N) is 1. The van der Waals surface area contributed by atoms with Crippen LogP contribution < -0.4 is 5.32 Å². The molecule has 0 aliphatic carbocycles. The van der Waals surface area contributed by atoms with Crippen molar-refractivity contribution in [1.29, 1.82) is 0 Å². The number of hydrogen-bond acceptors (Lipinski definition) is 4. The minimum atomic E-state index is 0.375. The predicted octanol–water partition coefficient (Wildman–Crippen LogP) is 2.47. The fraction of sp³-hybridized carbons (Fsp3) is 0.727. The van der Waals surface area contributed by atoms with Crippen LogP contribution >= 0.6 is 11.3 Å². The van der Waals surface area contributed by atoms with Crippen LogP contribution in [0.15, 0.2) is 11.7 Å². The smallest absolute Gasteiger partial charge is 0.0794 e. The highest BCUT2D eigenvalue weighted by Crippen LogP contribution is 2.15. The van der Waals surface area contributed by atoms with Crippen molar-refractivity contribution in [3.63, 3.8) is 0 Å². The zero-order valence-electron chi connectivity index (χ0n) is 9.69. The lowest BCUT2D eigenvalue weighted by atomic mass is 10.2. The molecule has 0 fully saturated rings. The second-order valence-corrected chi connectivity index (χ2v) is 4.97. The van der Waals surface area contributed by atoms with E-state index in [9.17, 15) is 0 Å². The first kappa shape index (κ1) is 12.6. The van der Waals surface area contributed by atoms with Crippen molar-refractivity contribution in [2.45, 2.75) is 26.8 Å². The molecule has 1 N–H and O–H groups in total. The van der Waals surface area contributed by atoms with Gasteiger partial charge >= 0.3 is 0 Å². The quantitative estimate of drug-likeness (QED) is 0.728. The van der Waals surface area contributed by atoms with Gasteiger partial charge in [-0.05, 0) is 12.8 Å². The van der Waals surface area contributed by atoms with E-state index in [1.54, 1.807) is 11.3 Å². The van der Waals surface area contributed by atoms with Gasteiger partial charge in [0, 0.05) is 30.3 Å². The van der Waals surface area contributed by atoms with E-state index in [1.807, 2.05) is 11.7 Å². The summed E-state index contributed by atoms with van der Waals surface area (Å²) < 4.78 is 5.49. The van der Waals surface area contributed by atoms with Crippen LogP contribution in [0.25, 0.3) is 0 Å².